The molecule has 3 rings (SSSR count). The van der Waals surface area contributed by atoms with E-state index < -0.39 is 0 Å². The molecule has 0 fully saturated rings. The highest BCUT2D eigenvalue weighted by Gasteiger charge is 2.04. The van der Waals surface area contributed by atoms with Gasteiger partial charge in [-0.25, -0.2) is 0 Å². The van der Waals surface area contributed by atoms with Gasteiger partial charge in [-0.3, -0.25) is 0 Å². The molecule has 20 heavy (non-hydrogen) atoms. The maximum atomic E-state index is 9.36. The third kappa shape index (κ3) is 2.68. The largest absolute Gasteiger partial charge is 0.508 e. The standard InChI is InChI=1S/C18H13ClO/c19-17-11-15(13-4-2-1-3-5-13)10-16(12-17)14-6-8-18(20)9-7-14/h1-12,20H. The van der Waals surface area contributed by atoms with E-state index in [1.165, 1.54) is 0 Å². The van der Waals surface area contributed by atoms with Crippen molar-refractivity contribution in [1.29, 1.82) is 0 Å². The summed E-state index contributed by atoms with van der Waals surface area (Å²) in [7, 11) is 0. The topological polar surface area (TPSA) is 20.2 Å². The molecule has 1 nitrogen and oxygen atoms in total. The highest BCUT2D eigenvalue weighted by Crippen LogP contribution is 2.30. The number of aromatic hydroxyl groups is 1. The fraction of sp³-hybridized carbons (Fsp3) is 0. The number of phenols is 1. The molecule has 0 amide bonds. The van der Waals surface area contributed by atoms with Crippen molar-refractivity contribution < 1.29 is 5.11 Å². The molecule has 0 aliphatic carbocycles. The molecule has 0 saturated carbocycles. The zero-order valence-corrected chi connectivity index (χ0v) is 11.5. The lowest BCUT2D eigenvalue weighted by molar-refractivity contribution is 0.475. The number of rotatable bonds is 2. The number of hydrogen-bond acceptors (Lipinski definition) is 1. The van der Waals surface area contributed by atoms with Crippen molar-refractivity contribution in [2.45, 2.75) is 0 Å². The van der Waals surface area contributed by atoms with Crippen LogP contribution in [0.2, 0.25) is 5.02 Å². The summed E-state index contributed by atoms with van der Waals surface area (Å²) in [5, 5.41) is 10.1. The molecule has 1 N–H and O–H groups in total. The van der Waals surface area contributed by atoms with Crippen molar-refractivity contribution in [3.8, 4) is 28.0 Å². The summed E-state index contributed by atoms with van der Waals surface area (Å²) in [6.07, 6.45) is 0. The van der Waals surface area contributed by atoms with Crippen LogP contribution in [-0.4, -0.2) is 5.11 Å². The van der Waals surface area contributed by atoms with E-state index in [9.17, 15) is 5.11 Å². The molecule has 0 radical (unpaired) electrons. The number of hydrogen-bond donors (Lipinski definition) is 1. The molecule has 0 heterocycles. The first kappa shape index (κ1) is 12.8. The Hall–Kier alpha value is -2.25. The minimum absolute atomic E-state index is 0.263. The molecule has 0 bridgehead atoms. The molecule has 0 saturated heterocycles. The molecule has 0 aliphatic heterocycles. The van der Waals surface area contributed by atoms with Gasteiger partial charge in [-0.05, 0) is 52.6 Å². The predicted octanol–water partition coefficient (Wildman–Crippen LogP) is 5.38. The van der Waals surface area contributed by atoms with E-state index in [-0.39, 0.29) is 5.75 Å². The Morgan fingerprint density at radius 1 is 0.600 bits per heavy atom. The summed E-state index contributed by atoms with van der Waals surface area (Å²) in [5.41, 5.74) is 4.29. The minimum atomic E-state index is 0.263. The lowest BCUT2D eigenvalue weighted by Crippen LogP contribution is -1.82. The van der Waals surface area contributed by atoms with Gasteiger partial charge >= 0.3 is 0 Å². The van der Waals surface area contributed by atoms with Crippen LogP contribution in [-0.2, 0) is 0 Å². The van der Waals surface area contributed by atoms with Gasteiger partial charge in [0.2, 0.25) is 0 Å². The maximum Gasteiger partial charge on any atom is 0.115 e. The second-order valence-corrected chi connectivity index (χ2v) is 5.08. The molecule has 3 aromatic carbocycles. The molecule has 0 unspecified atom stereocenters. The molecule has 0 aliphatic rings. The molecular formula is C18H13ClO. The maximum absolute atomic E-state index is 9.36. The number of phenolic OH excluding ortho intramolecular Hbond substituents is 1. The molecule has 0 aromatic heterocycles. The number of halogens is 1. The summed E-state index contributed by atoms with van der Waals surface area (Å²) in [5.74, 6) is 0.263. The second kappa shape index (κ2) is 5.40. The second-order valence-electron chi connectivity index (χ2n) is 4.64. The van der Waals surface area contributed by atoms with E-state index in [2.05, 4.69) is 18.2 Å². The van der Waals surface area contributed by atoms with Gasteiger partial charge in [0.1, 0.15) is 5.75 Å². The molecule has 3 aromatic rings. The van der Waals surface area contributed by atoms with Gasteiger partial charge in [0.05, 0.1) is 0 Å². The van der Waals surface area contributed by atoms with Crippen LogP contribution >= 0.6 is 11.6 Å². The Morgan fingerprint density at radius 3 is 1.75 bits per heavy atom. The van der Waals surface area contributed by atoms with Gasteiger partial charge in [0.15, 0.2) is 0 Å². The molecule has 98 valence electrons. The first-order chi connectivity index (χ1) is 9.72. The summed E-state index contributed by atoms with van der Waals surface area (Å²) >= 11 is 6.23. The van der Waals surface area contributed by atoms with Crippen LogP contribution in [0.1, 0.15) is 0 Å². The van der Waals surface area contributed by atoms with E-state index in [4.69, 9.17) is 11.6 Å². The zero-order chi connectivity index (χ0) is 13.9. The normalized spacial score (nSPS) is 10.4. The van der Waals surface area contributed by atoms with E-state index >= 15 is 0 Å². The summed E-state index contributed by atoms with van der Waals surface area (Å²) in [6.45, 7) is 0. The van der Waals surface area contributed by atoms with Gasteiger partial charge in [-0.1, -0.05) is 54.1 Å². The van der Waals surface area contributed by atoms with E-state index in [1.54, 1.807) is 12.1 Å². The zero-order valence-electron chi connectivity index (χ0n) is 10.8. The van der Waals surface area contributed by atoms with E-state index in [0.29, 0.717) is 5.02 Å². The summed E-state index contributed by atoms with van der Waals surface area (Å²) < 4.78 is 0. The van der Waals surface area contributed by atoms with Gasteiger partial charge in [-0.2, -0.15) is 0 Å². The van der Waals surface area contributed by atoms with Crippen molar-refractivity contribution in [3.63, 3.8) is 0 Å². The van der Waals surface area contributed by atoms with Crippen LogP contribution in [0.25, 0.3) is 22.3 Å². The monoisotopic (exact) mass is 280 g/mol. The van der Waals surface area contributed by atoms with Crippen LogP contribution in [0.4, 0.5) is 0 Å². The summed E-state index contributed by atoms with van der Waals surface area (Å²) in [4.78, 5) is 0. The van der Waals surface area contributed by atoms with Gasteiger partial charge in [0, 0.05) is 5.02 Å². The van der Waals surface area contributed by atoms with Gasteiger partial charge in [-0.15, -0.1) is 0 Å². The highest BCUT2D eigenvalue weighted by atomic mass is 35.5. The molecule has 0 atom stereocenters. The lowest BCUT2D eigenvalue weighted by Gasteiger charge is -2.08. The van der Waals surface area contributed by atoms with Crippen LogP contribution in [0, 0.1) is 0 Å². The van der Waals surface area contributed by atoms with E-state index in [1.807, 2.05) is 42.5 Å². The van der Waals surface area contributed by atoms with Crippen molar-refractivity contribution in [1.82, 2.24) is 0 Å². The molecule has 2 heteroatoms. The highest BCUT2D eigenvalue weighted by molar-refractivity contribution is 6.31. The SMILES string of the molecule is Oc1ccc(-c2cc(Cl)cc(-c3ccccc3)c2)cc1. The molecule has 0 spiro atoms. The first-order valence-electron chi connectivity index (χ1n) is 6.38. The average molecular weight is 281 g/mol. The van der Waals surface area contributed by atoms with Crippen LogP contribution in [0.15, 0.2) is 72.8 Å². The van der Waals surface area contributed by atoms with Crippen molar-refractivity contribution in [2.75, 3.05) is 0 Å². The fourth-order valence-electron chi connectivity index (χ4n) is 2.21. The van der Waals surface area contributed by atoms with Gasteiger partial charge < -0.3 is 5.11 Å². The predicted molar refractivity (Wildman–Crippen MR) is 84.0 cm³/mol. The number of benzene rings is 3. The van der Waals surface area contributed by atoms with Crippen LogP contribution < -0.4 is 0 Å². The minimum Gasteiger partial charge on any atom is -0.508 e. The quantitative estimate of drug-likeness (QED) is 0.668. The van der Waals surface area contributed by atoms with Crippen LogP contribution in [0.5, 0.6) is 5.75 Å². The van der Waals surface area contributed by atoms with Crippen molar-refractivity contribution >= 4 is 11.6 Å². The first-order valence-corrected chi connectivity index (χ1v) is 6.75. The van der Waals surface area contributed by atoms with Crippen molar-refractivity contribution in [3.05, 3.63) is 77.8 Å². The Bertz CT molecular complexity index is 718. The summed E-state index contributed by atoms with van der Waals surface area (Å²) in [6, 6.07) is 23.3. The lowest BCUT2D eigenvalue weighted by atomic mass is 9.99. The van der Waals surface area contributed by atoms with E-state index in [0.717, 1.165) is 22.3 Å². The average Bonchev–Trinajstić information content (AvgIpc) is 2.48. The van der Waals surface area contributed by atoms with Crippen molar-refractivity contribution in [2.24, 2.45) is 0 Å². The Labute approximate surface area is 123 Å². The Balaban J connectivity index is 2.09. The third-order valence-corrected chi connectivity index (χ3v) is 3.42. The molecular weight excluding hydrogens is 268 g/mol. The Kier molecular flexibility index (Phi) is 3.44. The Morgan fingerprint density at radius 2 is 1.15 bits per heavy atom. The van der Waals surface area contributed by atoms with Gasteiger partial charge in [0.25, 0.3) is 0 Å². The van der Waals surface area contributed by atoms with Crippen LogP contribution in [0.3, 0.4) is 0 Å². The fourth-order valence-corrected chi connectivity index (χ4v) is 2.44. The third-order valence-electron chi connectivity index (χ3n) is 3.21. The smallest absolute Gasteiger partial charge is 0.115 e.